The van der Waals surface area contributed by atoms with Crippen LogP contribution in [0.5, 0.6) is 0 Å². The summed E-state index contributed by atoms with van der Waals surface area (Å²) < 4.78 is 12.9. The predicted octanol–water partition coefficient (Wildman–Crippen LogP) is 2.66. The van der Waals surface area contributed by atoms with Crippen LogP contribution in [0.4, 0.5) is 0 Å². The van der Waals surface area contributed by atoms with Gasteiger partial charge in [-0.1, -0.05) is 12.1 Å². The average molecular weight is 300 g/mol. The molecule has 1 atom stereocenters. The van der Waals surface area contributed by atoms with Crippen LogP contribution in [0.2, 0.25) is 0 Å². The first-order chi connectivity index (χ1) is 10.8. The van der Waals surface area contributed by atoms with E-state index >= 15 is 0 Å². The second-order valence-corrected chi connectivity index (χ2v) is 5.52. The lowest BCUT2D eigenvalue weighted by atomic mass is 10.1. The van der Waals surface area contributed by atoms with E-state index in [1.165, 1.54) is 0 Å². The van der Waals surface area contributed by atoms with E-state index in [1.807, 2.05) is 22.9 Å². The summed E-state index contributed by atoms with van der Waals surface area (Å²) in [5, 5.41) is 0. The number of aromatic nitrogens is 2. The maximum absolute atomic E-state index is 12.0. The predicted molar refractivity (Wildman–Crippen MR) is 81.6 cm³/mol. The van der Waals surface area contributed by atoms with Crippen LogP contribution in [0, 0.1) is 0 Å². The molecule has 1 saturated heterocycles. The molecule has 1 aromatic heterocycles. The zero-order valence-electron chi connectivity index (χ0n) is 12.5. The summed E-state index contributed by atoms with van der Waals surface area (Å²) in [7, 11) is 0. The molecule has 5 heteroatoms. The van der Waals surface area contributed by atoms with E-state index in [0.717, 1.165) is 38.0 Å². The van der Waals surface area contributed by atoms with Crippen molar-refractivity contribution in [1.82, 2.24) is 9.55 Å². The number of rotatable bonds is 5. The number of ether oxygens (including phenoxy) is 2. The Balaban J connectivity index is 1.51. The summed E-state index contributed by atoms with van der Waals surface area (Å²) in [6.45, 7) is 1.85. The van der Waals surface area contributed by atoms with E-state index in [4.69, 9.17) is 9.47 Å². The van der Waals surface area contributed by atoms with Gasteiger partial charge in [0.25, 0.3) is 0 Å². The minimum Gasteiger partial charge on any atom is -0.459 e. The van der Waals surface area contributed by atoms with Gasteiger partial charge in [0.1, 0.15) is 6.61 Å². The van der Waals surface area contributed by atoms with Crippen molar-refractivity contribution in [2.24, 2.45) is 0 Å². The van der Waals surface area contributed by atoms with Crippen molar-refractivity contribution in [2.45, 2.75) is 31.9 Å². The quantitative estimate of drug-likeness (QED) is 0.797. The number of hydrogen-bond donors (Lipinski definition) is 0. The van der Waals surface area contributed by atoms with Crippen LogP contribution in [0.3, 0.4) is 0 Å². The first kappa shape index (κ1) is 14.8. The van der Waals surface area contributed by atoms with E-state index in [9.17, 15) is 4.79 Å². The summed E-state index contributed by atoms with van der Waals surface area (Å²) in [5.74, 6) is -0.289. The standard InChI is InChI=1S/C17H20N2O3/c20-17(22-12-16-3-1-2-10-21-16)15-6-4-14(5-7-15)11-19-9-8-18-13-19/h4-9,13,16H,1-3,10-12H2/t16-/m0/s1. The van der Waals surface area contributed by atoms with E-state index in [2.05, 4.69) is 4.98 Å². The maximum Gasteiger partial charge on any atom is 0.338 e. The molecule has 1 fully saturated rings. The molecule has 0 radical (unpaired) electrons. The Morgan fingerprint density at radius 1 is 1.32 bits per heavy atom. The molecule has 0 amide bonds. The van der Waals surface area contributed by atoms with E-state index < -0.39 is 0 Å². The van der Waals surface area contributed by atoms with Gasteiger partial charge in [0.05, 0.1) is 18.0 Å². The van der Waals surface area contributed by atoms with Crippen molar-refractivity contribution < 1.29 is 14.3 Å². The molecule has 0 bridgehead atoms. The third kappa shape index (κ3) is 3.95. The van der Waals surface area contributed by atoms with Crippen molar-refractivity contribution in [2.75, 3.05) is 13.2 Å². The van der Waals surface area contributed by atoms with Crippen molar-refractivity contribution in [3.8, 4) is 0 Å². The second-order valence-electron chi connectivity index (χ2n) is 5.52. The zero-order chi connectivity index (χ0) is 15.2. The van der Waals surface area contributed by atoms with Crippen molar-refractivity contribution in [1.29, 1.82) is 0 Å². The number of esters is 1. The van der Waals surface area contributed by atoms with Gasteiger partial charge in [0, 0.05) is 25.5 Å². The summed E-state index contributed by atoms with van der Waals surface area (Å²) in [5.41, 5.74) is 1.69. The first-order valence-electron chi connectivity index (χ1n) is 7.65. The normalized spacial score (nSPS) is 18.1. The van der Waals surface area contributed by atoms with Gasteiger partial charge in [-0.2, -0.15) is 0 Å². The van der Waals surface area contributed by atoms with Crippen molar-refractivity contribution in [3.05, 3.63) is 54.1 Å². The lowest BCUT2D eigenvalue weighted by Crippen LogP contribution is -2.25. The Labute approximate surface area is 129 Å². The molecule has 116 valence electrons. The Morgan fingerprint density at radius 3 is 2.86 bits per heavy atom. The molecule has 0 spiro atoms. The largest absolute Gasteiger partial charge is 0.459 e. The Kier molecular flexibility index (Phi) is 4.85. The highest BCUT2D eigenvalue weighted by molar-refractivity contribution is 5.89. The molecule has 0 saturated carbocycles. The zero-order valence-corrected chi connectivity index (χ0v) is 12.5. The third-order valence-electron chi connectivity index (χ3n) is 3.79. The fraction of sp³-hybridized carbons (Fsp3) is 0.412. The Morgan fingerprint density at radius 2 is 2.18 bits per heavy atom. The molecule has 22 heavy (non-hydrogen) atoms. The number of hydrogen-bond acceptors (Lipinski definition) is 4. The number of benzene rings is 1. The van der Waals surface area contributed by atoms with E-state index in [-0.39, 0.29) is 12.1 Å². The number of carbonyl (C=O) groups is 1. The first-order valence-corrected chi connectivity index (χ1v) is 7.65. The highest BCUT2D eigenvalue weighted by atomic mass is 16.6. The summed E-state index contributed by atoms with van der Waals surface area (Å²) in [4.78, 5) is 16.0. The van der Waals surface area contributed by atoms with Gasteiger partial charge in [-0.25, -0.2) is 9.78 Å². The topological polar surface area (TPSA) is 53.4 Å². The Bertz CT molecular complexity index is 587. The van der Waals surface area contributed by atoms with Crippen LogP contribution in [-0.2, 0) is 16.0 Å². The maximum atomic E-state index is 12.0. The molecule has 1 aliphatic rings. The number of imidazole rings is 1. The van der Waals surface area contributed by atoms with Crippen LogP contribution < -0.4 is 0 Å². The molecule has 2 aromatic rings. The second kappa shape index (κ2) is 7.22. The van der Waals surface area contributed by atoms with Crippen LogP contribution in [-0.4, -0.2) is 34.8 Å². The van der Waals surface area contributed by atoms with Crippen LogP contribution in [0.25, 0.3) is 0 Å². The highest BCUT2D eigenvalue weighted by Gasteiger charge is 2.16. The fourth-order valence-corrected chi connectivity index (χ4v) is 2.53. The number of nitrogens with zero attached hydrogens (tertiary/aromatic N) is 2. The van der Waals surface area contributed by atoms with Gasteiger partial charge < -0.3 is 14.0 Å². The Hall–Kier alpha value is -2.14. The molecular formula is C17H20N2O3. The molecule has 0 N–H and O–H groups in total. The highest BCUT2D eigenvalue weighted by Crippen LogP contribution is 2.14. The molecule has 1 aromatic carbocycles. The van der Waals surface area contributed by atoms with Gasteiger partial charge in [0.2, 0.25) is 0 Å². The van der Waals surface area contributed by atoms with E-state index in [1.54, 1.807) is 24.7 Å². The van der Waals surface area contributed by atoms with Crippen molar-refractivity contribution >= 4 is 5.97 Å². The minimum atomic E-state index is -0.289. The molecular weight excluding hydrogens is 280 g/mol. The van der Waals surface area contributed by atoms with E-state index in [0.29, 0.717) is 12.2 Å². The summed E-state index contributed by atoms with van der Waals surface area (Å²) in [6, 6.07) is 7.48. The third-order valence-corrected chi connectivity index (χ3v) is 3.79. The van der Waals surface area contributed by atoms with Gasteiger partial charge >= 0.3 is 5.97 Å². The van der Waals surface area contributed by atoms with Gasteiger partial charge in [-0.3, -0.25) is 0 Å². The van der Waals surface area contributed by atoms with Crippen molar-refractivity contribution in [3.63, 3.8) is 0 Å². The molecule has 1 aliphatic heterocycles. The minimum absolute atomic E-state index is 0.0539. The smallest absolute Gasteiger partial charge is 0.338 e. The van der Waals surface area contributed by atoms with Gasteiger partial charge in [-0.15, -0.1) is 0 Å². The lowest BCUT2D eigenvalue weighted by Gasteiger charge is -2.22. The van der Waals surface area contributed by atoms with Crippen LogP contribution >= 0.6 is 0 Å². The SMILES string of the molecule is O=C(OC[C@@H]1CCCCO1)c1ccc(Cn2ccnc2)cc1. The molecule has 3 rings (SSSR count). The number of carbonyl (C=O) groups excluding carboxylic acids is 1. The lowest BCUT2D eigenvalue weighted by molar-refractivity contribution is -0.0300. The van der Waals surface area contributed by atoms with Gasteiger partial charge in [0.15, 0.2) is 0 Å². The molecule has 0 unspecified atom stereocenters. The van der Waals surface area contributed by atoms with Gasteiger partial charge in [-0.05, 0) is 37.0 Å². The summed E-state index contributed by atoms with van der Waals surface area (Å²) in [6.07, 6.45) is 8.70. The fourth-order valence-electron chi connectivity index (χ4n) is 2.53. The average Bonchev–Trinajstić information content (AvgIpc) is 3.07. The molecule has 2 heterocycles. The summed E-state index contributed by atoms with van der Waals surface area (Å²) >= 11 is 0. The van der Waals surface area contributed by atoms with Crippen LogP contribution in [0.1, 0.15) is 35.2 Å². The van der Waals surface area contributed by atoms with Crippen LogP contribution in [0.15, 0.2) is 43.0 Å². The monoisotopic (exact) mass is 300 g/mol. The molecule has 0 aliphatic carbocycles. The molecule has 5 nitrogen and oxygen atoms in total.